The molecule has 0 radical (unpaired) electrons. The summed E-state index contributed by atoms with van der Waals surface area (Å²) in [6.45, 7) is 2.30. The van der Waals surface area contributed by atoms with E-state index in [9.17, 15) is 14.7 Å². The Hall–Kier alpha value is -0.630. The number of rotatable bonds is 4. The number of nitrogens with zero attached hydrogens (tertiary/aromatic N) is 1. The van der Waals surface area contributed by atoms with E-state index in [-0.39, 0.29) is 5.56 Å². The Bertz CT molecular complexity index is 438. The molecule has 1 rings (SSSR count). The second kappa shape index (κ2) is 5.45. The Morgan fingerprint density at radius 1 is 1.60 bits per heavy atom. The summed E-state index contributed by atoms with van der Waals surface area (Å²) in [6.07, 6.45) is 2.28. The van der Waals surface area contributed by atoms with Crippen LogP contribution in [0.5, 0.6) is 0 Å². The van der Waals surface area contributed by atoms with Gasteiger partial charge in [-0.2, -0.15) is 0 Å². The van der Waals surface area contributed by atoms with Gasteiger partial charge in [0.2, 0.25) is 0 Å². The molecule has 0 spiro atoms. The maximum atomic E-state index is 11.3. The van der Waals surface area contributed by atoms with E-state index in [0.717, 1.165) is 0 Å². The first kappa shape index (κ1) is 12.4. The van der Waals surface area contributed by atoms with Gasteiger partial charge in [-0.05, 0) is 35.4 Å². The summed E-state index contributed by atoms with van der Waals surface area (Å²) in [7, 11) is 0. The molecule has 0 fully saturated rings. The molecule has 15 heavy (non-hydrogen) atoms. The fourth-order valence-electron chi connectivity index (χ4n) is 1.14. The molecule has 6 heteroatoms. The average molecular weight is 324 g/mol. The second-order valence-electron chi connectivity index (χ2n) is 3.28. The first-order valence-electron chi connectivity index (χ1n) is 4.72. The molecule has 1 atom stereocenters. The Morgan fingerprint density at radius 3 is 2.87 bits per heavy atom. The van der Waals surface area contributed by atoms with E-state index in [2.05, 4.69) is 4.98 Å². The summed E-state index contributed by atoms with van der Waals surface area (Å²) >= 11 is 1.87. The quantitative estimate of drug-likeness (QED) is 0.783. The maximum absolute atomic E-state index is 11.3. The van der Waals surface area contributed by atoms with Crippen LogP contribution < -0.4 is 11.2 Å². The summed E-state index contributed by atoms with van der Waals surface area (Å²) in [5, 5.41) is 9.34. The predicted octanol–water partition coefficient (Wildman–Crippen LogP) is 0.302. The highest BCUT2D eigenvalue weighted by atomic mass is 127. The van der Waals surface area contributed by atoms with Gasteiger partial charge in [0.15, 0.2) is 0 Å². The number of hydrogen-bond acceptors (Lipinski definition) is 3. The number of aromatic nitrogens is 2. The fraction of sp³-hybridized carbons (Fsp3) is 0.556. The van der Waals surface area contributed by atoms with E-state index in [0.29, 0.717) is 23.0 Å². The Morgan fingerprint density at radius 2 is 2.27 bits per heavy atom. The molecule has 1 heterocycles. The number of aryl methyl sites for hydroxylation is 1. The van der Waals surface area contributed by atoms with Crippen LogP contribution in [0.1, 0.15) is 19.8 Å². The topological polar surface area (TPSA) is 75.1 Å². The molecule has 5 nitrogen and oxygen atoms in total. The molecule has 0 aromatic carbocycles. The van der Waals surface area contributed by atoms with Crippen molar-refractivity contribution >= 4 is 22.6 Å². The van der Waals surface area contributed by atoms with E-state index in [4.69, 9.17) is 0 Å². The monoisotopic (exact) mass is 324 g/mol. The van der Waals surface area contributed by atoms with Crippen LogP contribution in [0.3, 0.4) is 0 Å². The molecule has 0 saturated carbocycles. The lowest BCUT2D eigenvalue weighted by atomic mass is 10.2. The van der Waals surface area contributed by atoms with Crippen molar-refractivity contribution in [2.75, 3.05) is 0 Å². The predicted molar refractivity (Wildman–Crippen MR) is 65.0 cm³/mol. The van der Waals surface area contributed by atoms with Gasteiger partial charge in [0, 0.05) is 12.7 Å². The molecular formula is C9H13IN2O3. The van der Waals surface area contributed by atoms with Gasteiger partial charge in [-0.15, -0.1) is 0 Å². The normalized spacial score (nSPS) is 12.7. The van der Waals surface area contributed by atoms with Gasteiger partial charge in [-0.3, -0.25) is 14.3 Å². The zero-order chi connectivity index (χ0) is 11.4. The molecule has 0 aliphatic rings. The van der Waals surface area contributed by atoms with Crippen molar-refractivity contribution in [1.29, 1.82) is 0 Å². The van der Waals surface area contributed by atoms with Gasteiger partial charge in [-0.25, -0.2) is 4.79 Å². The fourth-order valence-corrected chi connectivity index (χ4v) is 1.61. The molecule has 0 aliphatic heterocycles. The molecule has 0 saturated heterocycles. The minimum Gasteiger partial charge on any atom is -0.393 e. The Balaban J connectivity index is 2.82. The lowest BCUT2D eigenvalue weighted by Gasteiger charge is -2.09. The highest BCUT2D eigenvalue weighted by Crippen LogP contribution is 1.99. The second-order valence-corrected chi connectivity index (χ2v) is 4.44. The van der Waals surface area contributed by atoms with Crippen molar-refractivity contribution in [2.45, 2.75) is 32.4 Å². The third kappa shape index (κ3) is 3.45. The van der Waals surface area contributed by atoms with Crippen molar-refractivity contribution in [3.8, 4) is 0 Å². The molecule has 0 amide bonds. The lowest BCUT2D eigenvalue weighted by molar-refractivity contribution is 0.153. The minimum absolute atomic E-state index is 0.368. The number of aliphatic hydroxyl groups excluding tert-OH is 1. The van der Waals surface area contributed by atoms with Crippen LogP contribution in [0, 0.1) is 3.57 Å². The average Bonchev–Trinajstić information content (AvgIpc) is 2.21. The molecule has 0 bridgehead atoms. The van der Waals surface area contributed by atoms with E-state index < -0.39 is 11.8 Å². The SMILES string of the molecule is CCC(O)CCn1cc(I)c(=O)[nH]c1=O. The van der Waals surface area contributed by atoms with Crippen LogP contribution in [0.2, 0.25) is 0 Å². The van der Waals surface area contributed by atoms with Crippen molar-refractivity contribution < 1.29 is 5.11 Å². The standard InChI is InChI=1S/C9H13IN2O3/c1-2-6(13)3-4-12-5-7(10)8(14)11-9(12)15/h5-6,13H,2-4H2,1H3,(H,11,14,15). The van der Waals surface area contributed by atoms with E-state index >= 15 is 0 Å². The molecule has 1 aromatic heterocycles. The van der Waals surface area contributed by atoms with Crippen LogP contribution in [-0.4, -0.2) is 20.8 Å². The summed E-state index contributed by atoms with van der Waals surface area (Å²) in [6, 6.07) is 0. The van der Waals surface area contributed by atoms with Gasteiger partial charge >= 0.3 is 5.69 Å². The molecule has 84 valence electrons. The number of aromatic amines is 1. The lowest BCUT2D eigenvalue weighted by Crippen LogP contribution is -2.31. The van der Waals surface area contributed by atoms with Crippen molar-refractivity contribution in [2.24, 2.45) is 0 Å². The van der Waals surface area contributed by atoms with Crippen molar-refractivity contribution in [1.82, 2.24) is 9.55 Å². The number of nitrogens with one attached hydrogen (secondary N) is 1. The number of H-pyrrole nitrogens is 1. The third-order valence-corrected chi connectivity index (χ3v) is 2.91. The highest BCUT2D eigenvalue weighted by Gasteiger charge is 2.04. The number of aliphatic hydroxyl groups is 1. The van der Waals surface area contributed by atoms with Gasteiger partial charge in [-0.1, -0.05) is 6.92 Å². The smallest absolute Gasteiger partial charge is 0.328 e. The van der Waals surface area contributed by atoms with Gasteiger partial charge in [0.1, 0.15) is 0 Å². The van der Waals surface area contributed by atoms with Crippen LogP contribution in [0.15, 0.2) is 15.8 Å². The van der Waals surface area contributed by atoms with Crippen molar-refractivity contribution in [3.05, 3.63) is 30.6 Å². The van der Waals surface area contributed by atoms with Crippen LogP contribution in [0.25, 0.3) is 0 Å². The minimum atomic E-state index is -0.427. The Kier molecular flexibility index (Phi) is 4.52. The van der Waals surface area contributed by atoms with Gasteiger partial charge in [0.25, 0.3) is 5.56 Å². The first-order valence-corrected chi connectivity index (χ1v) is 5.79. The summed E-state index contributed by atoms with van der Waals surface area (Å²) in [5.74, 6) is 0. The maximum Gasteiger partial charge on any atom is 0.328 e. The van der Waals surface area contributed by atoms with Crippen molar-refractivity contribution in [3.63, 3.8) is 0 Å². The largest absolute Gasteiger partial charge is 0.393 e. The zero-order valence-electron chi connectivity index (χ0n) is 8.36. The zero-order valence-corrected chi connectivity index (χ0v) is 10.5. The van der Waals surface area contributed by atoms with Gasteiger partial charge < -0.3 is 5.11 Å². The Labute approximate surface area is 100 Å². The summed E-state index contributed by atoms with van der Waals surface area (Å²) < 4.78 is 1.88. The third-order valence-electron chi connectivity index (χ3n) is 2.14. The first-order chi connectivity index (χ1) is 7.04. The van der Waals surface area contributed by atoms with Crippen LogP contribution >= 0.6 is 22.6 Å². The molecule has 0 aliphatic carbocycles. The van der Waals surface area contributed by atoms with Gasteiger partial charge in [0.05, 0.1) is 9.67 Å². The number of halogens is 1. The van der Waals surface area contributed by atoms with Crippen LogP contribution in [0.4, 0.5) is 0 Å². The molecule has 1 aromatic rings. The molecular weight excluding hydrogens is 311 g/mol. The number of hydrogen-bond donors (Lipinski definition) is 2. The molecule has 2 N–H and O–H groups in total. The summed E-state index contributed by atoms with van der Waals surface area (Å²) in [5.41, 5.74) is -0.795. The summed E-state index contributed by atoms with van der Waals surface area (Å²) in [4.78, 5) is 24.6. The van der Waals surface area contributed by atoms with E-state index in [1.54, 1.807) is 0 Å². The van der Waals surface area contributed by atoms with E-state index in [1.165, 1.54) is 10.8 Å². The molecule has 1 unspecified atom stereocenters. The van der Waals surface area contributed by atoms with Crippen LogP contribution in [-0.2, 0) is 6.54 Å². The highest BCUT2D eigenvalue weighted by molar-refractivity contribution is 14.1. The van der Waals surface area contributed by atoms with E-state index in [1.807, 2.05) is 29.5 Å².